The molecular weight excluding hydrogens is 386 g/mol. The Morgan fingerprint density at radius 1 is 0.871 bits per heavy atom. The number of H-pyrrole nitrogens is 1. The molecular formula is C24H22N7+. The van der Waals surface area contributed by atoms with Crippen LogP contribution in [0.25, 0.3) is 34.2 Å². The number of hydrogen-bond acceptors (Lipinski definition) is 4. The van der Waals surface area contributed by atoms with Gasteiger partial charge in [-0.3, -0.25) is 0 Å². The van der Waals surface area contributed by atoms with Crippen molar-refractivity contribution in [3.05, 3.63) is 91.8 Å². The first-order valence-electron chi connectivity index (χ1n) is 10.2. The molecule has 0 aliphatic heterocycles. The van der Waals surface area contributed by atoms with E-state index < -0.39 is 0 Å². The molecule has 3 aromatic heterocycles. The number of imidazole rings is 2. The van der Waals surface area contributed by atoms with Gasteiger partial charge in [0.1, 0.15) is 23.9 Å². The van der Waals surface area contributed by atoms with Crippen LogP contribution in [-0.2, 0) is 0 Å². The van der Waals surface area contributed by atoms with Gasteiger partial charge >= 0.3 is 0 Å². The second kappa shape index (κ2) is 7.95. The van der Waals surface area contributed by atoms with E-state index >= 15 is 0 Å². The quantitative estimate of drug-likeness (QED) is 0.444. The topological polar surface area (TPSA) is 76.2 Å². The molecule has 5 rings (SSSR count). The van der Waals surface area contributed by atoms with Gasteiger partial charge in [-0.2, -0.15) is 0 Å². The van der Waals surface area contributed by atoms with E-state index in [2.05, 4.69) is 35.9 Å². The summed E-state index contributed by atoms with van der Waals surface area (Å²) in [5, 5.41) is 0. The van der Waals surface area contributed by atoms with Crippen LogP contribution in [0.4, 0.5) is 0 Å². The Morgan fingerprint density at radius 3 is 2.10 bits per heavy atom. The van der Waals surface area contributed by atoms with Gasteiger partial charge in [-0.05, 0) is 48.5 Å². The number of aromatic nitrogens is 7. The highest BCUT2D eigenvalue weighted by Gasteiger charge is 2.13. The van der Waals surface area contributed by atoms with Crippen LogP contribution in [0.2, 0.25) is 0 Å². The lowest BCUT2D eigenvalue weighted by Gasteiger charge is -2.10. The van der Waals surface area contributed by atoms with Gasteiger partial charge in [0.05, 0.1) is 6.33 Å². The van der Waals surface area contributed by atoms with E-state index in [1.807, 2.05) is 70.5 Å². The molecule has 2 aromatic carbocycles. The summed E-state index contributed by atoms with van der Waals surface area (Å²) < 4.78 is 3.98. The number of nitrogens with one attached hydrogen (secondary N) is 1. The summed E-state index contributed by atoms with van der Waals surface area (Å²) in [6.45, 7) is 4.19. The molecule has 0 saturated heterocycles. The van der Waals surface area contributed by atoms with Crippen molar-refractivity contribution in [2.75, 3.05) is 0 Å². The summed E-state index contributed by atoms with van der Waals surface area (Å²) in [6.07, 6.45) is 11.2. The van der Waals surface area contributed by atoms with E-state index in [0.717, 1.165) is 28.3 Å². The zero-order chi connectivity index (χ0) is 21.2. The van der Waals surface area contributed by atoms with Gasteiger partial charge in [0, 0.05) is 35.1 Å². The van der Waals surface area contributed by atoms with Crippen molar-refractivity contribution >= 4 is 0 Å². The molecule has 0 unspecified atom stereocenters. The summed E-state index contributed by atoms with van der Waals surface area (Å²) in [6, 6.07) is 16.3. The molecule has 0 spiro atoms. The molecule has 0 fully saturated rings. The molecule has 5 aromatic rings. The summed E-state index contributed by atoms with van der Waals surface area (Å²) in [7, 11) is 0. The lowest BCUT2D eigenvalue weighted by Crippen LogP contribution is -2.26. The third-order valence-electron chi connectivity index (χ3n) is 5.07. The molecule has 0 aliphatic carbocycles. The second-order valence-corrected chi connectivity index (χ2v) is 7.58. The van der Waals surface area contributed by atoms with Crippen LogP contribution in [0.15, 0.2) is 86.0 Å². The number of aromatic amines is 1. The fraction of sp³-hybridized carbons (Fsp3) is 0.125. The predicted octanol–water partition coefficient (Wildman–Crippen LogP) is 4.12. The molecule has 0 amide bonds. The first-order chi connectivity index (χ1) is 15.2. The highest BCUT2D eigenvalue weighted by Crippen LogP contribution is 2.24. The predicted molar refractivity (Wildman–Crippen MR) is 118 cm³/mol. The van der Waals surface area contributed by atoms with Crippen LogP contribution in [0.5, 0.6) is 0 Å². The van der Waals surface area contributed by atoms with Gasteiger partial charge < -0.3 is 4.57 Å². The van der Waals surface area contributed by atoms with E-state index in [9.17, 15) is 0 Å². The van der Waals surface area contributed by atoms with E-state index in [1.165, 1.54) is 0 Å². The monoisotopic (exact) mass is 408 g/mol. The highest BCUT2D eigenvalue weighted by atomic mass is 15.0. The molecule has 7 nitrogen and oxygen atoms in total. The molecule has 7 heteroatoms. The van der Waals surface area contributed by atoms with Crippen molar-refractivity contribution in [2.24, 2.45) is 0 Å². The van der Waals surface area contributed by atoms with Crippen LogP contribution >= 0.6 is 0 Å². The second-order valence-electron chi connectivity index (χ2n) is 7.58. The van der Waals surface area contributed by atoms with Gasteiger partial charge in [-0.1, -0.05) is 13.8 Å². The highest BCUT2D eigenvalue weighted by molar-refractivity contribution is 5.62. The van der Waals surface area contributed by atoms with Gasteiger partial charge in [0.2, 0.25) is 6.33 Å². The molecule has 31 heavy (non-hydrogen) atoms. The summed E-state index contributed by atoms with van der Waals surface area (Å²) in [5.41, 5.74) is 4.02. The smallest absolute Gasteiger partial charge is 0.246 e. The average molecular weight is 408 g/mol. The van der Waals surface area contributed by atoms with Crippen LogP contribution in [0.3, 0.4) is 0 Å². The molecule has 0 radical (unpaired) electrons. The lowest BCUT2D eigenvalue weighted by molar-refractivity contribution is -0.594. The largest absolute Gasteiger partial charge is 0.306 e. The normalized spacial score (nSPS) is 11.2. The molecule has 3 heterocycles. The third-order valence-corrected chi connectivity index (χ3v) is 5.07. The van der Waals surface area contributed by atoms with Gasteiger partial charge in [-0.25, -0.2) is 29.5 Å². The molecule has 152 valence electrons. The van der Waals surface area contributed by atoms with Crippen LogP contribution < -0.4 is 4.57 Å². The summed E-state index contributed by atoms with van der Waals surface area (Å²) in [5.74, 6) is 2.33. The number of hydrogen-bond donors (Lipinski definition) is 1. The maximum Gasteiger partial charge on any atom is 0.246 e. The zero-order valence-electron chi connectivity index (χ0n) is 17.3. The minimum Gasteiger partial charge on any atom is -0.306 e. The van der Waals surface area contributed by atoms with Crippen molar-refractivity contribution in [3.8, 4) is 34.2 Å². The number of nitrogens with zero attached hydrogens (tertiary/aromatic N) is 6. The minimum absolute atomic E-state index is 0.195. The Morgan fingerprint density at radius 2 is 1.55 bits per heavy atom. The van der Waals surface area contributed by atoms with Crippen LogP contribution in [0.1, 0.15) is 25.6 Å². The van der Waals surface area contributed by atoms with Gasteiger partial charge in [-0.15, -0.1) is 0 Å². The van der Waals surface area contributed by atoms with E-state index in [4.69, 9.17) is 15.0 Å². The first kappa shape index (κ1) is 18.9. The summed E-state index contributed by atoms with van der Waals surface area (Å²) >= 11 is 0. The summed E-state index contributed by atoms with van der Waals surface area (Å²) in [4.78, 5) is 21.4. The standard InChI is InChI=1S/C24H21N7/c1-17(2)22-27-23(18-3-7-20(8-4-18)30-13-11-25-15-30)29-24(28-22)19-5-9-21(10-6-19)31-14-12-26-16-31/h3-17H,1-2H3/p+1. The third kappa shape index (κ3) is 3.85. The fourth-order valence-electron chi connectivity index (χ4n) is 3.34. The lowest BCUT2D eigenvalue weighted by atomic mass is 10.1. The zero-order valence-corrected chi connectivity index (χ0v) is 17.3. The SMILES string of the molecule is CC(C)c1nc(-c2ccc(-n3ccnc3)cc2)nc(-c2ccc(-[n+]3cc[nH]c3)cc2)n1. The Balaban J connectivity index is 1.52. The Bertz CT molecular complexity index is 1180. The van der Waals surface area contributed by atoms with Crippen LogP contribution in [0, 0.1) is 0 Å². The Labute approximate surface area is 180 Å². The molecule has 1 N–H and O–H groups in total. The van der Waals surface area contributed by atoms with E-state index in [0.29, 0.717) is 11.6 Å². The van der Waals surface area contributed by atoms with Crippen molar-refractivity contribution in [1.82, 2.24) is 29.5 Å². The van der Waals surface area contributed by atoms with E-state index in [-0.39, 0.29) is 5.92 Å². The van der Waals surface area contributed by atoms with Gasteiger partial charge in [0.15, 0.2) is 11.6 Å². The molecule has 0 aliphatic rings. The molecule has 0 bridgehead atoms. The Hall–Kier alpha value is -4.13. The van der Waals surface area contributed by atoms with Crippen molar-refractivity contribution in [1.29, 1.82) is 0 Å². The van der Waals surface area contributed by atoms with Crippen molar-refractivity contribution < 1.29 is 4.57 Å². The minimum atomic E-state index is 0.195. The van der Waals surface area contributed by atoms with Crippen LogP contribution in [-0.4, -0.2) is 29.5 Å². The van der Waals surface area contributed by atoms with E-state index in [1.54, 1.807) is 12.5 Å². The maximum absolute atomic E-state index is 4.79. The van der Waals surface area contributed by atoms with Crippen molar-refractivity contribution in [3.63, 3.8) is 0 Å². The first-order valence-corrected chi connectivity index (χ1v) is 10.2. The molecule has 0 saturated carbocycles. The number of benzene rings is 2. The fourth-order valence-corrected chi connectivity index (χ4v) is 3.34. The number of rotatable bonds is 5. The average Bonchev–Trinajstić information content (AvgIpc) is 3.54. The molecule has 0 atom stereocenters. The van der Waals surface area contributed by atoms with Crippen molar-refractivity contribution in [2.45, 2.75) is 19.8 Å². The maximum atomic E-state index is 4.79. The van der Waals surface area contributed by atoms with Gasteiger partial charge in [0.25, 0.3) is 0 Å². The Kier molecular flexibility index (Phi) is 4.84.